The maximum Gasteiger partial charge on any atom is 0.263 e. The van der Waals surface area contributed by atoms with E-state index < -0.39 is 0 Å². The van der Waals surface area contributed by atoms with Crippen LogP contribution in [0.5, 0.6) is 17.2 Å². The van der Waals surface area contributed by atoms with E-state index in [1.54, 1.807) is 27.4 Å². The molecule has 2 aliphatic rings. The Labute approximate surface area is 216 Å². The molecule has 0 unspecified atom stereocenters. The highest BCUT2D eigenvalue weighted by Gasteiger charge is 2.38. The smallest absolute Gasteiger partial charge is 0.263 e. The number of hydrogen-bond donors (Lipinski definition) is 0. The van der Waals surface area contributed by atoms with Crippen molar-refractivity contribution in [3.05, 3.63) is 82.9 Å². The predicted octanol–water partition coefficient (Wildman–Crippen LogP) is 3.83. The Hall–Kier alpha value is -4.04. The molecule has 0 radical (unpaired) electrons. The van der Waals surface area contributed by atoms with Gasteiger partial charge >= 0.3 is 0 Å². The molecule has 192 valence electrons. The molecule has 8 nitrogen and oxygen atoms in total. The second-order valence-electron chi connectivity index (χ2n) is 9.16. The summed E-state index contributed by atoms with van der Waals surface area (Å²) in [5.41, 5.74) is 3.75. The largest absolute Gasteiger partial charge is 0.497 e. The average molecular weight is 502 g/mol. The summed E-state index contributed by atoms with van der Waals surface area (Å²) in [7, 11) is 4.91. The van der Waals surface area contributed by atoms with Gasteiger partial charge in [-0.1, -0.05) is 30.3 Å². The zero-order chi connectivity index (χ0) is 25.9. The molecule has 5 rings (SSSR count). The monoisotopic (exact) mass is 501 g/mol. The van der Waals surface area contributed by atoms with Crippen molar-refractivity contribution >= 4 is 17.5 Å². The van der Waals surface area contributed by atoms with Crippen molar-refractivity contribution in [2.75, 3.05) is 52.4 Å². The molecule has 0 aliphatic carbocycles. The molecule has 3 aromatic carbocycles. The second kappa shape index (κ2) is 10.5. The van der Waals surface area contributed by atoms with Gasteiger partial charge in [-0.3, -0.25) is 19.4 Å². The zero-order valence-electron chi connectivity index (χ0n) is 21.4. The quantitative estimate of drug-likeness (QED) is 0.435. The average Bonchev–Trinajstić information content (AvgIpc) is 3.18. The summed E-state index contributed by atoms with van der Waals surface area (Å²) in [6.07, 6.45) is 0. The van der Waals surface area contributed by atoms with Gasteiger partial charge < -0.3 is 19.1 Å². The SMILES string of the molecule is COc1ccc(CN2C(=O)c3cccc(N4CCN(Cc5cccc(OC)c5OC)CC4)c3C2=O)cc1. The summed E-state index contributed by atoms with van der Waals surface area (Å²) in [6, 6.07) is 18.9. The molecule has 0 bridgehead atoms. The number of benzene rings is 3. The Balaban J connectivity index is 1.29. The molecule has 2 heterocycles. The van der Waals surface area contributed by atoms with E-state index in [0.717, 1.165) is 66.8 Å². The first kappa shape index (κ1) is 24.6. The number of piperazine rings is 1. The lowest BCUT2D eigenvalue weighted by molar-refractivity contribution is 0.0642. The number of carbonyl (C=O) groups is 2. The molecule has 3 aromatic rings. The lowest BCUT2D eigenvalue weighted by atomic mass is 10.1. The molecule has 0 saturated carbocycles. The van der Waals surface area contributed by atoms with Gasteiger partial charge in [0.25, 0.3) is 11.8 Å². The lowest BCUT2D eigenvalue weighted by Crippen LogP contribution is -2.46. The predicted molar refractivity (Wildman–Crippen MR) is 141 cm³/mol. The zero-order valence-corrected chi connectivity index (χ0v) is 21.4. The van der Waals surface area contributed by atoms with Crippen LogP contribution in [0.4, 0.5) is 5.69 Å². The van der Waals surface area contributed by atoms with Crippen LogP contribution < -0.4 is 19.1 Å². The minimum absolute atomic E-state index is 0.228. The van der Waals surface area contributed by atoms with Crippen LogP contribution in [0.15, 0.2) is 60.7 Å². The van der Waals surface area contributed by atoms with Crippen LogP contribution in [0, 0.1) is 0 Å². The van der Waals surface area contributed by atoms with E-state index in [0.29, 0.717) is 11.1 Å². The van der Waals surface area contributed by atoms with Gasteiger partial charge in [-0.25, -0.2) is 0 Å². The van der Waals surface area contributed by atoms with Crippen LogP contribution in [-0.4, -0.2) is 69.1 Å². The van der Waals surface area contributed by atoms with Crippen molar-refractivity contribution in [2.45, 2.75) is 13.1 Å². The number of rotatable bonds is 8. The topological polar surface area (TPSA) is 71.6 Å². The molecule has 0 N–H and O–H groups in total. The fourth-order valence-corrected chi connectivity index (χ4v) is 5.10. The number of nitrogens with zero attached hydrogens (tertiary/aromatic N) is 3. The van der Waals surface area contributed by atoms with Crippen LogP contribution >= 0.6 is 0 Å². The van der Waals surface area contributed by atoms with Crippen molar-refractivity contribution in [1.82, 2.24) is 9.80 Å². The van der Waals surface area contributed by atoms with Crippen molar-refractivity contribution < 1.29 is 23.8 Å². The molecule has 1 fully saturated rings. The number of carbonyl (C=O) groups excluding carboxylic acids is 2. The van der Waals surface area contributed by atoms with Gasteiger partial charge in [0.2, 0.25) is 0 Å². The van der Waals surface area contributed by atoms with E-state index in [1.165, 1.54) is 4.90 Å². The molecule has 37 heavy (non-hydrogen) atoms. The molecule has 0 atom stereocenters. The van der Waals surface area contributed by atoms with Crippen LogP contribution in [0.3, 0.4) is 0 Å². The first-order chi connectivity index (χ1) is 18.0. The third kappa shape index (κ3) is 4.72. The fraction of sp³-hybridized carbons (Fsp3) is 0.310. The molecular formula is C29H31N3O5. The number of anilines is 1. The number of para-hydroxylation sites is 1. The first-order valence-electron chi connectivity index (χ1n) is 12.3. The highest BCUT2D eigenvalue weighted by molar-refractivity contribution is 6.23. The Morgan fingerprint density at radius 3 is 2.14 bits per heavy atom. The van der Waals surface area contributed by atoms with E-state index in [4.69, 9.17) is 14.2 Å². The van der Waals surface area contributed by atoms with Crippen LogP contribution in [0.2, 0.25) is 0 Å². The van der Waals surface area contributed by atoms with Crippen molar-refractivity contribution in [3.63, 3.8) is 0 Å². The van der Waals surface area contributed by atoms with E-state index in [-0.39, 0.29) is 18.4 Å². The summed E-state index contributed by atoms with van der Waals surface area (Å²) < 4.78 is 16.2. The van der Waals surface area contributed by atoms with Gasteiger partial charge in [0.05, 0.1) is 44.7 Å². The molecule has 2 aliphatic heterocycles. The minimum Gasteiger partial charge on any atom is -0.497 e. The van der Waals surface area contributed by atoms with E-state index >= 15 is 0 Å². The Morgan fingerprint density at radius 1 is 0.730 bits per heavy atom. The molecule has 8 heteroatoms. The summed E-state index contributed by atoms with van der Waals surface area (Å²) in [4.78, 5) is 32.5. The van der Waals surface area contributed by atoms with Gasteiger partial charge in [-0.15, -0.1) is 0 Å². The summed E-state index contributed by atoms with van der Waals surface area (Å²) in [6.45, 7) is 4.12. The minimum atomic E-state index is -0.249. The van der Waals surface area contributed by atoms with Crippen LogP contribution in [0.1, 0.15) is 31.8 Å². The number of imide groups is 1. The number of hydrogen-bond acceptors (Lipinski definition) is 7. The van der Waals surface area contributed by atoms with Gasteiger partial charge in [-0.05, 0) is 35.9 Å². The third-order valence-electron chi connectivity index (χ3n) is 7.07. The number of methoxy groups -OCH3 is 3. The van der Waals surface area contributed by atoms with Crippen molar-refractivity contribution in [3.8, 4) is 17.2 Å². The molecule has 1 saturated heterocycles. The number of ether oxygens (including phenoxy) is 3. The number of fused-ring (bicyclic) bond motifs is 1. The summed E-state index contributed by atoms with van der Waals surface area (Å²) in [5, 5.41) is 0. The Morgan fingerprint density at radius 2 is 1.46 bits per heavy atom. The Bertz CT molecular complexity index is 1300. The Kier molecular flexibility index (Phi) is 7.01. The van der Waals surface area contributed by atoms with E-state index in [2.05, 4.69) is 15.9 Å². The van der Waals surface area contributed by atoms with Crippen LogP contribution in [-0.2, 0) is 13.1 Å². The summed E-state index contributed by atoms with van der Waals surface area (Å²) in [5.74, 6) is 1.73. The van der Waals surface area contributed by atoms with Gasteiger partial charge in [0.1, 0.15) is 5.75 Å². The lowest BCUT2D eigenvalue weighted by Gasteiger charge is -2.37. The first-order valence-corrected chi connectivity index (χ1v) is 12.3. The highest BCUT2D eigenvalue weighted by atomic mass is 16.5. The molecular weight excluding hydrogens is 470 g/mol. The molecule has 0 aromatic heterocycles. The second-order valence-corrected chi connectivity index (χ2v) is 9.16. The van der Waals surface area contributed by atoms with Crippen molar-refractivity contribution in [1.29, 1.82) is 0 Å². The molecule has 2 amide bonds. The summed E-state index contributed by atoms with van der Waals surface area (Å²) >= 11 is 0. The molecule has 0 spiro atoms. The highest BCUT2D eigenvalue weighted by Crippen LogP contribution is 2.34. The van der Waals surface area contributed by atoms with E-state index in [1.807, 2.05) is 48.5 Å². The third-order valence-corrected chi connectivity index (χ3v) is 7.07. The van der Waals surface area contributed by atoms with Gasteiger partial charge in [0.15, 0.2) is 11.5 Å². The van der Waals surface area contributed by atoms with Crippen molar-refractivity contribution in [2.24, 2.45) is 0 Å². The maximum absolute atomic E-state index is 13.5. The van der Waals surface area contributed by atoms with Gasteiger partial charge in [0, 0.05) is 38.3 Å². The standard InChI is InChI=1S/C29H31N3O5/c1-35-22-12-10-20(11-13-22)18-32-28(33)23-7-5-8-24(26(23)29(32)34)31-16-14-30(15-17-31)19-21-6-4-9-25(36-2)27(21)37-3/h4-13H,14-19H2,1-3H3. The normalized spacial score (nSPS) is 15.6. The van der Waals surface area contributed by atoms with Crippen LogP contribution in [0.25, 0.3) is 0 Å². The fourth-order valence-electron chi connectivity index (χ4n) is 5.10. The van der Waals surface area contributed by atoms with Gasteiger partial charge in [-0.2, -0.15) is 0 Å². The number of amides is 2. The van der Waals surface area contributed by atoms with E-state index in [9.17, 15) is 9.59 Å². The maximum atomic E-state index is 13.5.